The zero-order valence-electron chi connectivity index (χ0n) is 14.5. The monoisotopic (exact) mass is 345 g/mol. The van der Waals surface area contributed by atoms with Gasteiger partial charge in [-0.2, -0.15) is 10.1 Å². The van der Waals surface area contributed by atoms with Crippen LogP contribution in [-0.4, -0.2) is 28.0 Å². The predicted octanol–water partition coefficient (Wildman–Crippen LogP) is 3.01. The molecule has 130 valence electrons. The second kappa shape index (κ2) is 4.53. The molecule has 2 heterocycles. The number of H-pyrrole nitrogens is 1. The van der Waals surface area contributed by atoms with E-state index in [0.717, 1.165) is 40.0 Å². The number of aryl methyl sites for hydroxylation is 1. The van der Waals surface area contributed by atoms with E-state index in [2.05, 4.69) is 22.2 Å². The maximum atomic E-state index is 13.0. The molecule has 4 atom stereocenters. The Balaban J connectivity index is 1.36. The lowest BCUT2D eigenvalue weighted by molar-refractivity contribution is -0.141. The average Bonchev–Trinajstić information content (AvgIpc) is 3.10. The summed E-state index contributed by atoms with van der Waals surface area (Å²) in [6.45, 7) is 1.98. The average molecular weight is 345 g/mol. The summed E-state index contributed by atoms with van der Waals surface area (Å²) in [6.07, 6.45) is 8.33. The molecular weight excluding hydrogens is 326 g/mol. The first-order valence-corrected chi connectivity index (χ1v) is 9.29. The van der Waals surface area contributed by atoms with E-state index in [1.54, 1.807) is 6.21 Å². The van der Waals surface area contributed by atoms with Crippen molar-refractivity contribution < 1.29 is 9.59 Å². The van der Waals surface area contributed by atoms with E-state index < -0.39 is 0 Å². The molecule has 1 aliphatic heterocycles. The van der Waals surface area contributed by atoms with Crippen LogP contribution in [0.3, 0.4) is 0 Å². The highest BCUT2D eigenvalue weighted by molar-refractivity contribution is 6.08. The van der Waals surface area contributed by atoms with Crippen LogP contribution in [0.25, 0.3) is 10.9 Å². The summed E-state index contributed by atoms with van der Waals surface area (Å²) >= 11 is 0. The van der Waals surface area contributed by atoms with Crippen LogP contribution >= 0.6 is 0 Å². The van der Waals surface area contributed by atoms with Crippen molar-refractivity contribution in [3.05, 3.63) is 47.7 Å². The van der Waals surface area contributed by atoms with E-state index in [1.165, 1.54) is 0 Å². The first-order chi connectivity index (χ1) is 12.6. The smallest absolute Gasteiger partial charge is 0.254 e. The number of hydrogen-bond acceptors (Lipinski definition) is 3. The maximum Gasteiger partial charge on any atom is 0.254 e. The summed E-state index contributed by atoms with van der Waals surface area (Å²) < 4.78 is 0. The SMILES string of the molecule is Cc1[nH]c2ccccc2c1/C=N\N1C(=O)[C@@H]2[C@H](C1=O)[C@H]1C=C[C@H]2C12CC2. The molecular formula is C21H19N3O2. The lowest BCUT2D eigenvalue weighted by atomic mass is 9.85. The van der Waals surface area contributed by atoms with Crippen LogP contribution in [0.1, 0.15) is 24.1 Å². The molecule has 1 spiro atoms. The van der Waals surface area contributed by atoms with Gasteiger partial charge in [-0.05, 0) is 43.1 Å². The van der Waals surface area contributed by atoms with Gasteiger partial charge in [0.1, 0.15) is 0 Å². The number of hydrogen-bond donors (Lipinski definition) is 1. The highest BCUT2D eigenvalue weighted by Crippen LogP contribution is 2.73. The Labute approximate surface area is 150 Å². The molecule has 0 unspecified atom stereocenters. The first kappa shape index (κ1) is 14.5. The molecule has 3 fully saturated rings. The van der Waals surface area contributed by atoms with Crippen LogP contribution in [0.5, 0.6) is 0 Å². The van der Waals surface area contributed by atoms with Gasteiger partial charge in [-0.1, -0.05) is 30.4 Å². The van der Waals surface area contributed by atoms with Crippen LogP contribution in [0.15, 0.2) is 41.5 Å². The molecule has 2 amide bonds. The largest absolute Gasteiger partial charge is 0.358 e. The molecule has 4 aliphatic rings. The number of para-hydroxylation sites is 1. The fraction of sp³-hybridized carbons (Fsp3) is 0.381. The van der Waals surface area contributed by atoms with Gasteiger partial charge < -0.3 is 4.98 Å². The van der Waals surface area contributed by atoms with Crippen molar-refractivity contribution in [1.82, 2.24) is 9.99 Å². The first-order valence-electron chi connectivity index (χ1n) is 9.29. The third kappa shape index (κ3) is 1.55. The summed E-state index contributed by atoms with van der Waals surface area (Å²) in [7, 11) is 0. The van der Waals surface area contributed by atoms with Crippen LogP contribution in [0, 0.1) is 36.0 Å². The van der Waals surface area contributed by atoms with Crippen molar-refractivity contribution in [3.8, 4) is 0 Å². The fourth-order valence-electron chi connectivity index (χ4n) is 5.76. The van der Waals surface area contributed by atoms with Crippen LogP contribution in [0.4, 0.5) is 0 Å². The third-order valence-corrected chi connectivity index (χ3v) is 7.08. The minimum atomic E-state index is -0.193. The van der Waals surface area contributed by atoms with E-state index >= 15 is 0 Å². The van der Waals surface area contributed by atoms with Gasteiger partial charge in [-0.15, -0.1) is 0 Å². The number of aromatic amines is 1. The lowest BCUT2D eigenvalue weighted by Crippen LogP contribution is -2.30. The lowest BCUT2D eigenvalue weighted by Gasteiger charge is -2.18. The third-order valence-electron chi connectivity index (χ3n) is 7.08. The summed E-state index contributed by atoms with van der Waals surface area (Å²) in [5.74, 6) is -0.135. The Bertz CT molecular complexity index is 1010. The number of nitrogens with zero attached hydrogens (tertiary/aromatic N) is 2. The number of imide groups is 1. The predicted molar refractivity (Wildman–Crippen MR) is 97.2 cm³/mol. The van der Waals surface area contributed by atoms with E-state index in [0.29, 0.717) is 0 Å². The molecule has 1 saturated heterocycles. The Kier molecular flexibility index (Phi) is 2.52. The Morgan fingerprint density at radius 2 is 1.77 bits per heavy atom. The second-order valence-corrected chi connectivity index (χ2v) is 8.16. The number of benzene rings is 1. The number of rotatable bonds is 2. The van der Waals surface area contributed by atoms with Crippen molar-refractivity contribution in [2.24, 2.45) is 34.2 Å². The summed E-state index contributed by atoms with van der Waals surface area (Å²) in [5.41, 5.74) is 3.16. The number of allylic oxidation sites excluding steroid dienone is 2. The van der Waals surface area contributed by atoms with Gasteiger partial charge in [0.2, 0.25) is 0 Å². The molecule has 2 bridgehead atoms. The van der Waals surface area contributed by atoms with Gasteiger partial charge in [-0.3, -0.25) is 9.59 Å². The van der Waals surface area contributed by atoms with Crippen molar-refractivity contribution in [2.45, 2.75) is 19.8 Å². The minimum Gasteiger partial charge on any atom is -0.358 e. The fourth-order valence-corrected chi connectivity index (χ4v) is 5.76. The van der Waals surface area contributed by atoms with Crippen molar-refractivity contribution in [3.63, 3.8) is 0 Å². The van der Waals surface area contributed by atoms with Crippen molar-refractivity contribution >= 4 is 28.9 Å². The van der Waals surface area contributed by atoms with Gasteiger partial charge >= 0.3 is 0 Å². The Morgan fingerprint density at radius 3 is 2.42 bits per heavy atom. The normalized spacial score (nSPS) is 33.3. The summed E-state index contributed by atoms with van der Waals surface area (Å²) in [6, 6.07) is 7.98. The molecule has 5 nitrogen and oxygen atoms in total. The molecule has 3 aliphatic carbocycles. The molecule has 1 N–H and O–H groups in total. The van der Waals surface area contributed by atoms with Crippen molar-refractivity contribution in [1.29, 1.82) is 0 Å². The molecule has 2 saturated carbocycles. The van der Waals surface area contributed by atoms with E-state index in [-0.39, 0.29) is 40.9 Å². The maximum absolute atomic E-state index is 13.0. The number of carbonyl (C=O) groups is 2. The van der Waals surface area contributed by atoms with E-state index in [1.807, 2.05) is 31.2 Å². The Hall–Kier alpha value is -2.69. The van der Waals surface area contributed by atoms with Crippen molar-refractivity contribution in [2.75, 3.05) is 0 Å². The van der Waals surface area contributed by atoms with Crippen LogP contribution < -0.4 is 0 Å². The Morgan fingerprint density at radius 1 is 1.12 bits per heavy atom. The van der Waals surface area contributed by atoms with Gasteiger partial charge in [0.15, 0.2) is 0 Å². The zero-order valence-corrected chi connectivity index (χ0v) is 14.5. The highest BCUT2D eigenvalue weighted by Gasteiger charge is 2.73. The van der Waals surface area contributed by atoms with Gasteiger partial charge in [0, 0.05) is 22.2 Å². The molecule has 26 heavy (non-hydrogen) atoms. The van der Waals surface area contributed by atoms with Gasteiger partial charge in [0.25, 0.3) is 11.8 Å². The minimum absolute atomic E-state index is 0.114. The zero-order chi connectivity index (χ0) is 17.6. The van der Waals surface area contributed by atoms with Gasteiger partial charge in [0.05, 0.1) is 18.1 Å². The number of carbonyl (C=O) groups excluding carboxylic acids is 2. The molecule has 5 heteroatoms. The quantitative estimate of drug-likeness (QED) is 0.516. The topological polar surface area (TPSA) is 65.5 Å². The van der Waals surface area contributed by atoms with E-state index in [9.17, 15) is 9.59 Å². The molecule has 1 aromatic heterocycles. The standard InChI is InChI=1S/C21H19N3O2/c1-11-13(12-4-2-3-5-16(12)23-11)10-22-24-19(25)17-14-6-7-15(18(17)20(24)26)21(14)8-9-21/h2-7,10,14-15,17-18,23H,8-9H2,1H3/b22-10-/t14-,15-,17-,18+/m1/s1. The molecule has 0 radical (unpaired) electrons. The second-order valence-electron chi connectivity index (χ2n) is 8.16. The number of fused-ring (bicyclic) bond motifs is 4. The molecule has 1 aromatic carbocycles. The summed E-state index contributed by atoms with van der Waals surface area (Å²) in [5, 5.41) is 6.53. The highest BCUT2D eigenvalue weighted by atomic mass is 16.2. The molecule has 2 aromatic rings. The van der Waals surface area contributed by atoms with Gasteiger partial charge in [-0.25, -0.2) is 0 Å². The van der Waals surface area contributed by atoms with Crippen LogP contribution in [-0.2, 0) is 9.59 Å². The molecule has 6 rings (SSSR count). The number of nitrogens with one attached hydrogen (secondary N) is 1. The number of aromatic nitrogens is 1. The number of amides is 2. The number of hydrazone groups is 1. The van der Waals surface area contributed by atoms with E-state index in [4.69, 9.17) is 0 Å². The van der Waals surface area contributed by atoms with Crippen LogP contribution in [0.2, 0.25) is 0 Å². The summed E-state index contributed by atoms with van der Waals surface area (Å²) in [4.78, 5) is 29.2.